The Hall–Kier alpha value is -2.39. The maximum absolute atomic E-state index is 13.3. The van der Waals surface area contributed by atoms with Gasteiger partial charge in [0, 0.05) is 32.1 Å². The van der Waals surface area contributed by atoms with Gasteiger partial charge < -0.3 is 13.8 Å². The molecule has 0 spiro atoms. The van der Waals surface area contributed by atoms with Gasteiger partial charge in [0.1, 0.15) is 11.5 Å². The average Bonchev–Trinajstić information content (AvgIpc) is 3.42. The van der Waals surface area contributed by atoms with E-state index < -0.39 is 10.0 Å². The molecular formula is C22H29N3O5S. The zero-order chi connectivity index (χ0) is 22.0. The molecule has 0 saturated carbocycles. The second-order valence-electron chi connectivity index (χ2n) is 8.50. The summed E-state index contributed by atoms with van der Waals surface area (Å²) in [6, 6.07) is 3.51. The van der Waals surface area contributed by atoms with Crippen molar-refractivity contribution in [2.75, 3.05) is 26.2 Å². The summed E-state index contributed by atoms with van der Waals surface area (Å²) < 4.78 is 38.6. The molecule has 168 valence electrons. The van der Waals surface area contributed by atoms with Gasteiger partial charge in [0.05, 0.1) is 6.26 Å². The lowest BCUT2D eigenvalue weighted by Crippen LogP contribution is -2.46. The smallest absolute Gasteiger partial charge is 0.248 e. The average molecular weight is 448 g/mol. The summed E-state index contributed by atoms with van der Waals surface area (Å²) in [5.74, 6) is 1.49. The van der Waals surface area contributed by atoms with Crippen LogP contribution in [0.5, 0.6) is 0 Å². The third-order valence-corrected chi connectivity index (χ3v) is 8.33. The molecule has 2 aliphatic heterocycles. The molecule has 8 nitrogen and oxygen atoms in total. The molecule has 31 heavy (non-hydrogen) atoms. The van der Waals surface area contributed by atoms with Gasteiger partial charge in [-0.1, -0.05) is 12.1 Å². The van der Waals surface area contributed by atoms with Crippen LogP contribution in [0.4, 0.5) is 0 Å². The normalized spacial score (nSPS) is 20.0. The summed E-state index contributed by atoms with van der Waals surface area (Å²) in [4.78, 5) is 14.9. The van der Waals surface area contributed by atoms with Gasteiger partial charge in [-0.25, -0.2) is 8.42 Å². The third-order valence-electron chi connectivity index (χ3n) is 6.27. The fourth-order valence-electron chi connectivity index (χ4n) is 4.30. The monoisotopic (exact) mass is 447 g/mol. The van der Waals surface area contributed by atoms with Crippen molar-refractivity contribution in [2.24, 2.45) is 11.8 Å². The standard InChI is InChI=1S/C22H29N3O5S/c1-16-7-11-24(12-8-16)22(26)18-9-13-25(14-10-18)31(27,28)21-17(2)23-30-20(21)6-5-19-4-3-15-29-19/h3-6,15-16,18H,7-14H2,1-2H3/b6-5+. The van der Waals surface area contributed by atoms with E-state index in [0.717, 1.165) is 25.9 Å². The SMILES string of the molecule is Cc1noc(/C=C/c2ccco2)c1S(=O)(=O)N1CCC(C(=O)N2CCC(C)CC2)CC1. The van der Waals surface area contributed by atoms with Crippen LogP contribution in [0.25, 0.3) is 12.2 Å². The van der Waals surface area contributed by atoms with Gasteiger partial charge in [-0.3, -0.25) is 4.79 Å². The van der Waals surface area contributed by atoms with E-state index in [2.05, 4.69) is 12.1 Å². The summed E-state index contributed by atoms with van der Waals surface area (Å²) in [6.07, 6.45) is 7.89. The zero-order valence-corrected chi connectivity index (χ0v) is 18.8. The van der Waals surface area contributed by atoms with Crippen LogP contribution in [0.2, 0.25) is 0 Å². The molecule has 0 aliphatic carbocycles. The van der Waals surface area contributed by atoms with E-state index in [9.17, 15) is 13.2 Å². The molecule has 2 aliphatic rings. The number of aromatic nitrogens is 1. The van der Waals surface area contributed by atoms with Crippen molar-refractivity contribution in [3.05, 3.63) is 35.6 Å². The molecule has 0 N–H and O–H groups in total. The quantitative estimate of drug-likeness (QED) is 0.697. The molecule has 4 heterocycles. The number of sulfonamides is 1. The van der Waals surface area contributed by atoms with Crippen LogP contribution in [-0.4, -0.2) is 54.9 Å². The highest BCUT2D eigenvalue weighted by Gasteiger charge is 2.37. The van der Waals surface area contributed by atoms with Crippen LogP contribution < -0.4 is 0 Å². The van der Waals surface area contributed by atoms with Crippen LogP contribution in [0.3, 0.4) is 0 Å². The van der Waals surface area contributed by atoms with Gasteiger partial charge in [-0.05, 0) is 62.8 Å². The Balaban J connectivity index is 1.44. The highest BCUT2D eigenvalue weighted by Crippen LogP contribution is 2.30. The molecule has 1 amide bonds. The lowest BCUT2D eigenvalue weighted by Gasteiger charge is -2.36. The van der Waals surface area contributed by atoms with E-state index in [-0.39, 0.29) is 22.5 Å². The fourth-order valence-corrected chi connectivity index (χ4v) is 6.02. The molecule has 0 radical (unpaired) electrons. The predicted molar refractivity (Wildman–Crippen MR) is 115 cm³/mol. The predicted octanol–water partition coefficient (Wildman–Crippen LogP) is 3.41. The first-order valence-corrected chi connectivity index (χ1v) is 12.3. The number of amides is 1. The topological polar surface area (TPSA) is 96.9 Å². The maximum Gasteiger partial charge on any atom is 0.248 e. The summed E-state index contributed by atoms with van der Waals surface area (Å²) in [5, 5.41) is 3.86. The molecule has 0 atom stereocenters. The van der Waals surface area contributed by atoms with E-state index >= 15 is 0 Å². The molecule has 0 aromatic carbocycles. The van der Waals surface area contributed by atoms with Gasteiger partial charge in [-0.15, -0.1) is 0 Å². The number of hydrogen-bond acceptors (Lipinski definition) is 6. The van der Waals surface area contributed by atoms with Gasteiger partial charge in [0.25, 0.3) is 0 Å². The number of furan rings is 1. The van der Waals surface area contributed by atoms with E-state index in [1.54, 1.807) is 37.5 Å². The molecular weight excluding hydrogens is 418 g/mol. The summed E-state index contributed by atoms with van der Waals surface area (Å²) in [5.41, 5.74) is 0.319. The molecule has 0 unspecified atom stereocenters. The third kappa shape index (κ3) is 4.62. The fraction of sp³-hybridized carbons (Fsp3) is 0.545. The first kappa shape index (κ1) is 21.8. The lowest BCUT2D eigenvalue weighted by molar-refractivity contribution is -0.138. The number of aryl methyl sites for hydroxylation is 1. The number of hydrogen-bond donors (Lipinski definition) is 0. The van der Waals surface area contributed by atoms with Crippen molar-refractivity contribution in [2.45, 2.75) is 44.4 Å². The zero-order valence-electron chi connectivity index (χ0n) is 18.0. The second kappa shape index (κ2) is 9.00. The van der Waals surface area contributed by atoms with Crippen molar-refractivity contribution in [1.29, 1.82) is 0 Å². The summed E-state index contributed by atoms with van der Waals surface area (Å²) in [7, 11) is -3.78. The van der Waals surface area contributed by atoms with Crippen LogP contribution in [0, 0.1) is 18.8 Å². The minimum absolute atomic E-state index is 0.0742. The number of carbonyl (C=O) groups is 1. The van der Waals surface area contributed by atoms with Crippen LogP contribution >= 0.6 is 0 Å². The van der Waals surface area contributed by atoms with Crippen molar-refractivity contribution in [3.63, 3.8) is 0 Å². The van der Waals surface area contributed by atoms with Crippen LogP contribution in [0.1, 0.15) is 49.8 Å². The summed E-state index contributed by atoms with van der Waals surface area (Å²) in [6.45, 7) is 6.08. The highest BCUT2D eigenvalue weighted by molar-refractivity contribution is 7.89. The molecule has 9 heteroatoms. The van der Waals surface area contributed by atoms with E-state index in [0.29, 0.717) is 43.3 Å². The minimum atomic E-state index is -3.78. The van der Waals surface area contributed by atoms with Gasteiger partial charge in [0.15, 0.2) is 10.7 Å². The first-order valence-electron chi connectivity index (χ1n) is 10.8. The number of piperidine rings is 2. The highest BCUT2D eigenvalue weighted by atomic mass is 32.2. The second-order valence-corrected chi connectivity index (χ2v) is 10.4. The van der Waals surface area contributed by atoms with Crippen molar-refractivity contribution in [1.82, 2.24) is 14.4 Å². The molecule has 0 bridgehead atoms. The van der Waals surface area contributed by atoms with Gasteiger partial charge in [0.2, 0.25) is 15.9 Å². The molecule has 2 saturated heterocycles. The Morgan fingerprint density at radius 2 is 1.84 bits per heavy atom. The summed E-state index contributed by atoms with van der Waals surface area (Å²) >= 11 is 0. The van der Waals surface area contributed by atoms with Crippen molar-refractivity contribution in [3.8, 4) is 0 Å². The Morgan fingerprint density at radius 1 is 1.13 bits per heavy atom. The van der Waals surface area contributed by atoms with E-state index in [1.807, 2.05) is 4.90 Å². The number of likely N-dealkylation sites (tertiary alicyclic amines) is 1. The van der Waals surface area contributed by atoms with Gasteiger partial charge in [-0.2, -0.15) is 4.31 Å². The molecule has 2 aromatic rings. The molecule has 4 rings (SSSR count). The van der Waals surface area contributed by atoms with E-state index in [1.165, 1.54) is 4.31 Å². The molecule has 2 fully saturated rings. The van der Waals surface area contributed by atoms with Crippen LogP contribution in [0.15, 0.2) is 32.2 Å². The van der Waals surface area contributed by atoms with Crippen molar-refractivity contribution >= 4 is 28.1 Å². The first-order chi connectivity index (χ1) is 14.9. The number of carbonyl (C=O) groups excluding carboxylic acids is 1. The lowest BCUT2D eigenvalue weighted by atomic mass is 9.93. The Bertz CT molecular complexity index is 1030. The Morgan fingerprint density at radius 3 is 2.48 bits per heavy atom. The van der Waals surface area contributed by atoms with E-state index in [4.69, 9.17) is 8.94 Å². The number of nitrogens with zero attached hydrogens (tertiary/aromatic N) is 3. The molecule has 2 aromatic heterocycles. The number of rotatable bonds is 5. The Labute approximate surface area is 182 Å². The maximum atomic E-state index is 13.3. The van der Waals surface area contributed by atoms with Crippen molar-refractivity contribution < 1.29 is 22.2 Å². The minimum Gasteiger partial charge on any atom is -0.465 e. The largest absolute Gasteiger partial charge is 0.465 e. The van der Waals surface area contributed by atoms with Gasteiger partial charge >= 0.3 is 0 Å². The van der Waals surface area contributed by atoms with Crippen LogP contribution in [-0.2, 0) is 14.8 Å². The Kier molecular flexibility index (Phi) is 6.34.